The summed E-state index contributed by atoms with van der Waals surface area (Å²) < 4.78 is 12.0. The molecule has 0 bridgehead atoms. The number of nitrogens with one attached hydrogen (secondary N) is 1. The van der Waals surface area contributed by atoms with E-state index in [1.807, 2.05) is 0 Å². The molecule has 0 saturated heterocycles. The highest BCUT2D eigenvalue weighted by atomic mass is 16.5. The summed E-state index contributed by atoms with van der Waals surface area (Å²) in [6, 6.07) is 30.5. The van der Waals surface area contributed by atoms with Gasteiger partial charge in [0.2, 0.25) is 0 Å². The topological polar surface area (TPSA) is 34.2 Å². The van der Waals surface area contributed by atoms with Gasteiger partial charge in [0.15, 0.2) is 0 Å². The molecule has 5 rings (SSSR count). The molecule has 0 saturated carbocycles. The summed E-state index contributed by atoms with van der Waals surface area (Å²) in [6.07, 6.45) is 15.3. The molecule has 43 heavy (non-hydrogen) atoms. The third-order valence-corrected chi connectivity index (χ3v) is 8.51. The van der Waals surface area contributed by atoms with Gasteiger partial charge in [0.1, 0.15) is 11.5 Å². The van der Waals surface area contributed by atoms with E-state index in [1.165, 1.54) is 97.2 Å². The van der Waals surface area contributed by atoms with Crippen LogP contribution < -0.4 is 9.47 Å². The molecule has 0 amide bonds. The van der Waals surface area contributed by atoms with Gasteiger partial charge in [0.25, 0.3) is 0 Å². The van der Waals surface area contributed by atoms with Gasteiger partial charge in [0, 0.05) is 21.8 Å². The Labute approximate surface area is 258 Å². The van der Waals surface area contributed by atoms with Gasteiger partial charge in [-0.25, -0.2) is 0 Å². The van der Waals surface area contributed by atoms with E-state index in [2.05, 4.69) is 104 Å². The molecule has 5 aromatic rings. The Morgan fingerprint density at radius 3 is 1.21 bits per heavy atom. The van der Waals surface area contributed by atoms with Gasteiger partial charge in [0.05, 0.1) is 13.2 Å². The van der Waals surface area contributed by atoms with Crippen molar-refractivity contribution in [3.05, 3.63) is 84.9 Å². The zero-order valence-electron chi connectivity index (χ0n) is 26.3. The predicted molar refractivity (Wildman–Crippen MR) is 184 cm³/mol. The van der Waals surface area contributed by atoms with E-state index in [0.717, 1.165) is 48.6 Å². The van der Waals surface area contributed by atoms with Crippen LogP contribution >= 0.6 is 0 Å². The molecule has 0 radical (unpaired) electrons. The van der Waals surface area contributed by atoms with Crippen molar-refractivity contribution >= 4 is 21.8 Å². The maximum Gasteiger partial charge on any atom is 0.119 e. The number of aromatic nitrogens is 1. The monoisotopic (exact) mass is 575 g/mol. The molecular weight excluding hydrogens is 526 g/mol. The van der Waals surface area contributed by atoms with Crippen molar-refractivity contribution in [2.75, 3.05) is 13.2 Å². The summed E-state index contributed by atoms with van der Waals surface area (Å²) >= 11 is 0. The van der Waals surface area contributed by atoms with Crippen molar-refractivity contribution < 1.29 is 9.47 Å². The Morgan fingerprint density at radius 2 is 0.791 bits per heavy atom. The summed E-state index contributed by atoms with van der Waals surface area (Å²) in [7, 11) is 0. The second-order valence-electron chi connectivity index (χ2n) is 11.9. The van der Waals surface area contributed by atoms with Crippen LogP contribution in [-0.2, 0) is 0 Å². The number of benzene rings is 4. The van der Waals surface area contributed by atoms with Crippen molar-refractivity contribution in [1.29, 1.82) is 0 Å². The average Bonchev–Trinajstić information content (AvgIpc) is 3.42. The lowest BCUT2D eigenvalue weighted by atomic mass is 10.00. The molecule has 1 heterocycles. The molecule has 0 unspecified atom stereocenters. The van der Waals surface area contributed by atoms with Crippen molar-refractivity contribution in [1.82, 2.24) is 4.98 Å². The Bertz CT molecular complexity index is 1420. The Balaban J connectivity index is 1.21. The van der Waals surface area contributed by atoms with E-state index in [1.54, 1.807) is 0 Å². The number of ether oxygens (including phenoxy) is 2. The fourth-order valence-electron chi connectivity index (χ4n) is 5.89. The number of unbranched alkanes of at least 4 members (excludes halogenated alkanes) is 10. The smallest absolute Gasteiger partial charge is 0.119 e. The van der Waals surface area contributed by atoms with Crippen LogP contribution in [0.2, 0.25) is 0 Å². The molecule has 1 N–H and O–H groups in total. The van der Waals surface area contributed by atoms with Gasteiger partial charge in [-0.3, -0.25) is 0 Å². The molecule has 1 aromatic heterocycles. The first kappa shape index (κ1) is 30.7. The van der Waals surface area contributed by atoms with Crippen molar-refractivity contribution in [2.24, 2.45) is 0 Å². The molecule has 0 atom stereocenters. The lowest BCUT2D eigenvalue weighted by Crippen LogP contribution is -1.97. The molecule has 0 spiro atoms. The molecular formula is C40H49NO2. The first-order valence-corrected chi connectivity index (χ1v) is 16.8. The molecule has 0 aliphatic heterocycles. The Kier molecular flexibility index (Phi) is 11.6. The minimum atomic E-state index is 0.796. The van der Waals surface area contributed by atoms with Gasteiger partial charge < -0.3 is 14.5 Å². The second kappa shape index (κ2) is 16.2. The van der Waals surface area contributed by atoms with E-state index >= 15 is 0 Å². The van der Waals surface area contributed by atoms with Gasteiger partial charge in [-0.1, -0.05) is 114 Å². The summed E-state index contributed by atoms with van der Waals surface area (Å²) in [5.41, 5.74) is 7.16. The Morgan fingerprint density at radius 1 is 0.419 bits per heavy atom. The van der Waals surface area contributed by atoms with Crippen LogP contribution in [0.3, 0.4) is 0 Å². The lowest BCUT2D eigenvalue weighted by Gasteiger charge is -2.08. The third-order valence-electron chi connectivity index (χ3n) is 8.51. The van der Waals surface area contributed by atoms with Crippen LogP contribution in [-0.4, -0.2) is 18.2 Å². The van der Waals surface area contributed by atoms with Crippen molar-refractivity contribution in [3.63, 3.8) is 0 Å². The van der Waals surface area contributed by atoms with E-state index < -0.39 is 0 Å². The highest BCUT2D eigenvalue weighted by Crippen LogP contribution is 2.34. The standard InChI is InChI=1S/C40H49NO2/c1-3-5-7-9-11-13-27-42-35-21-15-31(16-22-35)33-19-25-39-37(29-33)38-30-34(20-26-40(38)41-39)32-17-23-36(24-18-32)43-28-14-12-10-8-6-4-2/h15-26,29-30,41H,3-14,27-28H2,1-2H3. The van der Waals surface area contributed by atoms with E-state index in [4.69, 9.17) is 9.47 Å². The quantitative estimate of drug-likeness (QED) is 0.105. The highest BCUT2D eigenvalue weighted by molar-refractivity contribution is 6.09. The second-order valence-corrected chi connectivity index (χ2v) is 11.9. The molecule has 0 aliphatic carbocycles. The maximum atomic E-state index is 6.01. The molecule has 3 heteroatoms. The fraction of sp³-hybridized carbons (Fsp3) is 0.400. The number of hydrogen-bond acceptors (Lipinski definition) is 2. The first-order valence-electron chi connectivity index (χ1n) is 16.8. The third kappa shape index (κ3) is 8.66. The van der Waals surface area contributed by atoms with Gasteiger partial charge in [-0.15, -0.1) is 0 Å². The zero-order valence-corrected chi connectivity index (χ0v) is 26.3. The predicted octanol–water partition coefficient (Wildman–Crippen LogP) is 12.1. The van der Waals surface area contributed by atoms with E-state index in [0.29, 0.717) is 0 Å². The van der Waals surface area contributed by atoms with Gasteiger partial charge in [-0.2, -0.15) is 0 Å². The van der Waals surface area contributed by atoms with Crippen LogP contribution in [0.25, 0.3) is 44.1 Å². The summed E-state index contributed by atoms with van der Waals surface area (Å²) in [6.45, 7) is 6.11. The lowest BCUT2D eigenvalue weighted by molar-refractivity contribution is 0.304. The largest absolute Gasteiger partial charge is 0.494 e. The van der Waals surface area contributed by atoms with Crippen LogP contribution in [0.15, 0.2) is 84.9 Å². The molecule has 3 nitrogen and oxygen atoms in total. The van der Waals surface area contributed by atoms with Crippen LogP contribution in [0, 0.1) is 0 Å². The summed E-state index contributed by atoms with van der Waals surface area (Å²) in [5, 5.41) is 2.49. The highest BCUT2D eigenvalue weighted by Gasteiger charge is 2.09. The number of rotatable bonds is 18. The molecule has 0 fully saturated rings. The minimum Gasteiger partial charge on any atom is -0.494 e. The molecule has 0 aliphatic rings. The number of H-pyrrole nitrogens is 1. The molecule has 226 valence electrons. The van der Waals surface area contributed by atoms with Crippen LogP contribution in [0.1, 0.15) is 90.9 Å². The summed E-state index contributed by atoms with van der Waals surface area (Å²) in [5.74, 6) is 1.91. The van der Waals surface area contributed by atoms with Crippen molar-refractivity contribution in [2.45, 2.75) is 90.9 Å². The number of hydrogen-bond donors (Lipinski definition) is 1. The fourth-order valence-corrected chi connectivity index (χ4v) is 5.89. The first-order chi connectivity index (χ1) is 21.2. The molecule has 4 aromatic carbocycles. The maximum absolute atomic E-state index is 6.01. The van der Waals surface area contributed by atoms with Gasteiger partial charge >= 0.3 is 0 Å². The normalized spacial score (nSPS) is 11.4. The van der Waals surface area contributed by atoms with Gasteiger partial charge in [-0.05, 0) is 83.6 Å². The minimum absolute atomic E-state index is 0.796. The number of aromatic amines is 1. The van der Waals surface area contributed by atoms with E-state index in [9.17, 15) is 0 Å². The Hall–Kier alpha value is -3.72. The zero-order chi connectivity index (χ0) is 29.7. The number of fused-ring (bicyclic) bond motifs is 3. The average molecular weight is 576 g/mol. The van der Waals surface area contributed by atoms with Crippen LogP contribution in [0.5, 0.6) is 11.5 Å². The van der Waals surface area contributed by atoms with E-state index in [-0.39, 0.29) is 0 Å². The van der Waals surface area contributed by atoms with Crippen LogP contribution in [0.4, 0.5) is 0 Å². The summed E-state index contributed by atoms with van der Waals surface area (Å²) in [4.78, 5) is 3.60. The SMILES string of the molecule is CCCCCCCCOc1ccc(-c2ccc3[nH]c4ccc(-c5ccc(OCCCCCCCC)cc5)cc4c3c2)cc1. The van der Waals surface area contributed by atoms with Crippen molar-refractivity contribution in [3.8, 4) is 33.8 Å².